The van der Waals surface area contributed by atoms with Crippen LogP contribution in [-0.2, 0) is 9.84 Å². The van der Waals surface area contributed by atoms with Crippen molar-refractivity contribution in [2.45, 2.75) is 11.3 Å². The van der Waals surface area contributed by atoms with E-state index in [1.165, 1.54) is 29.2 Å². The summed E-state index contributed by atoms with van der Waals surface area (Å²) in [5, 5.41) is 0.986. The van der Waals surface area contributed by atoms with E-state index in [-0.39, 0.29) is 16.6 Å². The van der Waals surface area contributed by atoms with Crippen molar-refractivity contribution in [3.63, 3.8) is 0 Å². The Hall–Kier alpha value is -2.16. The first kappa shape index (κ1) is 21.5. The number of fused-ring (bicyclic) bond motifs is 1. The molecule has 1 amide bonds. The lowest BCUT2D eigenvalue weighted by molar-refractivity contribution is 0.0793. The van der Waals surface area contributed by atoms with Crippen LogP contribution in [0.5, 0.6) is 5.75 Å². The van der Waals surface area contributed by atoms with E-state index in [1.54, 1.807) is 25.2 Å². The van der Waals surface area contributed by atoms with E-state index < -0.39 is 9.84 Å². The maximum Gasteiger partial charge on any atom is 0.265 e. The number of hydrogen-bond acceptors (Lipinski definition) is 5. The Morgan fingerprint density at radius 3 is 2.72 bits per heavy atom. The van der Waals surface area contributed by atoms with Crippen molar-refractivity contribution in [3.8, 4) is 5.75 Å². The Morgan fingerprint density at radius 2 is 2.00 bits per heavy atom. The Morgan fingerprint density at radius 1 is 1.24 bits per heavy atom. The smallest absolute Gasteiger partial charge is 0.265 e. The number of thiophene rings is 1. The molecule has 0 atom stereocenters. The first-order valence-corrected chi connectivity index (χ1v) is 11.8. The summed E-state index contributed by atoms with van der Waals surface area (Å²) in [6.45, 7) is 0.736. The minimum Gasteiger partial charge on any atom is -0.493 e. The van der Waals surface area contributed by atoms with Crippen LogP contribution in [0.3, 0.4) is 0 Å². The van der Waals surface area contributed by atoms with E-state index in [4.69, 9.17) is 16.3 Å². The highest BCUT2D eigenvalue weighted by molar-refractivity contribution is 7.90. The van der Waals surface area contributed by atoms with Crippen LogP contribution in [0.1, 0.15) is 16.1 Å². The molecule has 9 heteroatoms. The third-order valence-electron chi connectivity index (χ3n) is 4.27. The highest BCUT2D eigenvalue weighted by Gasteiger charge is 2.20. The van der Waals surface area contributed by atoms with Crippen LogP contribution < -0.4 is 4.74 Å². The van der Waals surface area contributed by atoms with E-state index in [9.17, 15) is 17.6 Å². The van der Waals surface area contributed by atoms with Gasteiger partial charge in [-0.25, -0.2) is 12.8 Å². The van der Waals surface area contributed by atoms with Gasteiger partial charge < -0.3 is 9.64 Å². The van der Waals surface area contributed by atoms with Crippen LogP contribution in [0, 0.1) is 5.82 Å². The molecule has 1 heterocycles. The average molecular weight is 456 g/mol. The minimum atomic E-state index is -3.30. The molecule has 0 saturated heterocycles. The molecule has 0 spiro atoms. The fraction of sp³-hybridized carbons (Fsp3) is 0.250. The summed E-state index contributed by atoms with van der Waals surface area (Å²) in [6, 6.07) is 10.5. The average Bonchev–Trinajstić information content (AvgIpc) is 2.99. The molecular weight excluding hydrogens is 437 g/mol. The van der Waals surface area contributed by atoms with Gasteiger partial charge in [-0.1, -0.05) is 17.7 Å². The summed E-state index contributed by atoms with van der Waals surface area (Å²) < 4.78 is 42.8. The van der Waals surface area contributed by atoms with Gasteiger partial charge in [0.05, 0.1) is 16.5 Å². The first-order chi connectivity index (χ1) is 13.7. The van der Waals surface area contributed by atoms with E-state index in [2.05, 4.69) is 0 Å². The number of rotatable bonds is 7. The van der Waals surface area contributed by atoms with Crippen molar-refractivity contribution >= 4 is 48.8 Å². The second kappa shape index (κ2) is 8.69. The molecule has 3 aromatic rings. The van der Waals surface area contributed by atoms with Gasteiger partial charge in [-0.3, -0.25) is 4.79 Å². The number of sulfone groups is 1. The van der Waals surface area contributed by atoms with Gasteiger partial charge in [-0.2, -0.15) is 0 Å². The number of carbonyl (C=O) groups excluding carboxylic acids is 1. The fourth-order valence-electron chi connectivity index (χ4n) is 2.74. The van der Waals surface area contributed by atoms with Crippen molar-refractivity contribution in [2.24, 2.45) is 0 Å². The molecule has 0 unspecified atom stereocenters. The van der Waals surface area contributed by atoms with Crippen LogP contribution in [0.4, 0.5) is 4.39 Å². The molecule has 154 valence electrons. The maximum absolute atomic E-state index is 13.4. The molecule has 0 bridgehead atoms. The molecule has 0 saturated carbocycles. The van der Waals surface area contributed by atoms with Crippen molar-refractivity contribution < 1.29 is 22.3 Å². The Balaban J connectivity index is 1.58. The van der Waals surface area contributed by atoms with Gasteiger partial charge in [0.2, 0.25) is 0 Å². The standard InChI is InChI=1S/C20H19ClFNO4S2/c1-23(9-4-10-27-14-5-3-6-15(12-14)29(2,25)26)20(24)19-18(21)16-8-7-13(22)11-17(16)28-19/h3,5-8,11-12H,4,9-10H2,1-2H3. The zero-order chi connectivity index (χ0) is 21.2. The van der Waals surface area contributed by atoms with E-state index in [0.29, 0.717) is 45.3 Å². The van der Waals surface area contributed by atoms with Gasteiger partial charge >= 0.3 is 0 Å². The van der Waals surface area contributed by atoms with Crippen LogP contribution in [0.15, 0.2) is 47.4 Å². The predicted molar refractivity (Wildman–Crippen MR) is 113 cm³/mol. The highest BCUT2D eigenvalue weighted by atomic mass is 35.5. The van der Waals surface area contributed by atoms with E-state index in [0.717, 1.165) is 17.6 Å². The first-order valence-electron chi connectivity index (χ1n) is 8.73. The lowest BCUT2D eigenvalue weighted by atomic mass is 10.2. The summed E-state index contributed by atoms with van der Waals surface area (Å²) in [4.78, 5) is 14.8. The van der Waals surface area contributed by atoms with Crippen LogP contribution >= 0.6 is 22.9 Å². The SMILES string of the molecule is CN(CCCOc1cccc(S(C)(=O)=O)c1)C(=O)c1sc2cc(F)ccc2c1Cl. The second-order valence-electron chi connectivity index (χ2n) is 6.56. The third kappa shape index (κ3) is 5.07. The molecule has 0 N–H and O–H groups in total. The largest absolute Gasteiger partial charge is 0.493 e. The lowest BCUT2D eigenvalue weighted by Gasteiger charge is -2.16. The Kier molecular flexibility index (Phi) is 6.45. The number of hydrogen-bond donors (Lipinski definition) is 0. The van der Waals surface area contributed by atoms with Crippen molar-refractivity contribution in [1.82, 2.24) is 4.90 Å². The minimum absolute atomic E-state index is 0.193. The number of halogens is 2. The van der Waals surface area contributed by atoms with Crippen LogP contribution in [0.2, 0.25) is 5.02 Å². The number of amides is 1. The number of carbonyl (C=O) groups is 1. The molecule has 0 fully saturated rings. The fourth-order valence-corrected chi connectivity index (χ4v) is 4.93. The van der Waals surface area contributed by atoms with Gasteiger partial charge in [-0.05, 0) is 42.8 Å². The summed E-state index contributed by atoms with van der Waals surface area (Å²) in [5.41, 5.74) is 0. The van der Waals surface area contributed by atoms with E-state index >= 15 is 0 Å². The zero-order valence-electron chi connectivity index (χ0n) is 15.8. The van der Waals surface area contributed by atoms with Crippen LogP contribution in [-0.4, -0.2) is 45.7 Å². The zero-order valence-corrected chi connectivity index (χ0v) is 18.2. The quantitative estimate of drug-likeness (QED) is 0.487. The molecular formula is C20H19ClFNO4S2. The summed E-state index contributed by atoms with van der Waals surface area (Å²) in [7, 11) is -1.64. The van der Waals surface area contributed by atoms with Gasteiger partial charge in [-0.15, -0.1) is 11.3 Å². The predicted octanol–water partition coefficient (Wildman–Crippen LogP) is 4.64. The molecule has 2 aromatic carbocycles. The molecule has 0 radical (unpaired) electrons. The van der Waals surface area contributed by atoms with Gasteiger partial charge in [0.1, 0.15) is 16.4 Å². The van der Waals surface area contributed by atoms with Crippen molar-refractivity contribution in [3.05, 3.63) is 58.2 Å². The summed E-state index contributed by atoms with van der Waals surface area (Å²) in [5.74, 6) is -0.160. The monoisotopic (exact) mass is 455 g/mol. The second-order valence-corrected chi connectivity index (χ2v) is 10.0. The summed E-state index contributed by atoms with van der Waals surface area (Å²) >= 11 is 7.47. The van der Waals surface area contributed by atoms with E-state index in [1.807, 2.05) is 0 Å². The molecule has 0 aliphatic rings. The van der Waals surface area contributed by atoms with Crippen molar-refractivity contribution in [2.75, 3.05) is 26.5 Å². The normalized spacial score (nSPS) is 11.6. The lowest BCUT2D eigenvalue weighted by Crippen LogP contribution is -2.28. The number of nitrogens with zero attached hydrogens (tertiary/aromatic N) is 1. The molecule has 5 nitrogen and oxygen atoms in total. The molecule has 3 rings (SSSR count). The Bertz CT molecular complexity index is 1160. The molecule has 1 aromatic heterocycles. The topological polar surface area (TPSA) is 63.7 Å². The van der Waals surface area contributed by atoms with Gasteiger partial charge in [0, 0.05) is 29.9 Å². The molecule has 29 heavy (non-hydrogen) atoms. The van der Waals surface area contributed by atoms with Crippen molar-refractivity contribution in [1.29, 1.82) is 0 Å². The number of ether oxygens (including phenoxy) is 1. The van der Waals surface area contributed by atoms with Crippen LogP contribution in [0.25, 0.3) is 10.1 Å². The number of benzene rings is 2. The molecule has 0 aliphatic heterocycles. The third-order valence-corrected chi connectivity index (χ3v) is 7.03. The Labute approximate surface area is 177 Å². The van der Waals surface area contributed by atoms with Gasteiger partial charge in [0.15, 0.2) is 9.84 Å². The summed E-state index contributed by atoms with van der Waals surface area (Å²) in [6.07, 6.45) is 1.68. The highest BCUT2D eigenvalue weighted by Crippen LogP contribution is 2.36. The van der Waals surface area contributed by atoms with Gasteiger partial charge in [0.25, 0.3) is 5.91 Å². The maximum atomic E-state index is 13.4. The molecule has 0 aliphatic carbocycles.